The number of rotatable bonds is 2. The van der Waals surface area contributed by atoms with Gasteiger partial charge in [-0.2, -0.15) is 4.74 Å². The van der Waals surface area contributed by atoms with Crippen molar-refractivity contribution in [1.82, 2.24) is 5.06 Å². The van der Waals surface area contributed by atoms with E-state index in [4.69, 9.17) is 5.21 Å². The molecule has 0 amide bonds. The smallest absolute Gasteiger partial charge is 0.290 e. The van der Waals surface area contributed by atoms with E-state index in [1.165, 1.54) is 13.8 Å². The normalized spacial score (nSPS) is 31.2. The van der Waals surface area contributed by atoms with Gasteiger partial charge >= 0.3 is 0 Å². The molecule has 16 heavy (non-hydrogen) atoms. The molecule has 0 unspecified atom stereocenters. The van der Waals surface area contributed by atoms with E-state index in [2.05, 4.69) is 5.16 Å². The van der Waals surface area contributed by atoms with Crippen LogP contribution in [0, 0.1) is 5.21 Å². The Morgan fingerprint density at radius 3 is 2.31 bits per heavy atom. The summed E-state index contributed by atoms with van der Waals surface area (Å²) in [5.74, 6) is 0. The molecule has 0 aromatic rings. The summed E-state index contributed by atoms with van der Waals surface area (Å²) < 4.78 is 0.724. The zero-order valence-electron chi connectivity index (χ0n) is 10.4. The van der Waals surface area contributed by atoms with Crippen LogP contribution in [0.2, 0.25) is 0 Å². The highest BCUT2D eigenvalue weighted by atomic mass is 16.6. The van der Waals surface area contributed by atoms with Crippen LogP contribution in [0.3, 0.4) is 0 Å². The Hall–Kier alpha value is -1.14. The number of nitrogens with zero attached hydrogens (tertiary/aromatic N) is 3. The van der Waals surface area contributed by atoms with Gasteiger partial charge in [-0.05, 0) is 20.8 Å². The second-order valence-corrected chi connectivity index (χ2v) is 4.67. The Balaban J connectivity index is 3.42. The lowest BCUT2D eigenvalue weighted by Crippen LogP contribution is -2.57. The number of hydroxylamine groups is 3. The molecular weight excluding hydrogens is 210 g/mol. The first-order valence-electron chi connectivity index (χ1n) is 5.26. The Kier molecular flexibility index (Phi) is 3.00. The molecule has 0 radical (unpaired) electrons. The third kappa shape index (κ3) is 1.33. The molecule has 6 heteroatoms. The molecule has 1 aliphatic heterocycles. The molecule has 0 aromatic heterocycles. The summed E-state index contributed by atoms with van der Waals surface area (Å²) in [5, 5.41) is 35.1. The molecule has 0 spiro atoms. The van der Waals surface area contributed by atoms with Crippen LogP contribution < -0.4 is 0 Å². The highest BCUT2D eigenvalue weighted by molar-refractivity contribution is 5.96. The maximum atomic E-state index is 12.2. The van der Waals surface area contributed by atoms with Gasteiger partial charge in [0.25, 0.3) is 5.66 Å². The van der Waals surface area contributed by atoms with Crippen LogP contribution in [-0.4, -0.2) is 42.8 Å². The number of hydrogen-bond donors (Lipinski definition) is 2. The first kappa shape index (κ1) is 12.9. The maximum Gasteiger partial charge on any atom is 0.290 e. The number of hydrogen-bond acceptors (Lipinski definition) is 5. The van der Waals surface area contributed by atoms with Gasteiger partial charge in [0.05, 0.1) is 0 Å². The largest absolute Gasteiger partial charge is 0.622 e. The van der Waals surface area contributed by atoms with E-state index in [1.54, 1.807) is 13.8 Å². The van der Waals surface area contributed by atoms with Crippen molar-refractivity contribution < 1.29 is 15.2 Å². The van der Waals surface area contributed by atoms with Gasteiger partial charge in [0.1, 0.15) is 11.3 Å². The molecule has 0 aromatic carbocycles. The second-order valence-electron chi connectivity index (χ2n) is 4.67. The lowest BCUT2D eigenvalue weighted by atomic mass is 9.96. The van der Waals surface area contributed by atoms with E-state index in [-0.39, 0.29) is 5.71 Å². The predicted octanol–water partition coefficient (Wildman–Crippen LogP) is 1.40. The van der Waals surface area contributed by atoms with Gasteiger partial charge in [-0.25, -0.2) is 0 Å². The summed E-state index contributed by atoms with van der Waals surface area (Å²) in [6.07, 6.45) is 0.530. The Bertz CT molecular complexity index is 362. The molecule has 92 valence electrons. The van der Waals surface area contributed by atoms with E-state index in [0.717, 1.165) is 9.80 Å². The van der Waals surface area contributed by atoms with Crippen molar-refractivity contribution in [2.45, 2.75) is 52.2 Å². The minimum Gasteiger partial charge on any atom is -0.622 e. The molecular formula is C10H19N3O3. The monoisotopic (exact) mass is 229 g/mol. The molecule has 0 saturated carbocycles. The third-order valence-electron chi connectivity index (χ3n) is 3.46. The van der Waals surface area contributed by atoms with Gasteiger partial charge in [0, 0.05) is 13.3 Å². The average Bonchev–Trinajstić information content (AvgIpc) is 2.37. The first-order valence-corrected chi connectivity index (χ1v) is 5.26. The molecule has 2 N–H and O–H groups in total. The van der Waals surface area contributed by atoms with Crippen LogP contribution in [0.4, 0.5) is 0 Å². The molecule has 6 nitrogen and oxygen atoms in total. The van der Waals surface area contributed by atoms with Crippen LogP contribution in [0.1, 0.15) is 41.0 Å². The standard InChI is InChI=1S/C10H19N3O3/c1-6-8-9(3,4)13(16)10(5,12(8)15)7(2)11-14/h14,16H,6H2,1-5H3/b11-7-/t10-/m1/s1. The van der Waals surface area contributed by atoms with Crippen molar-refractivity contribution in [2.75, 3.05) is 0 Å². The first-order chi connectivity index (χ1) is 7.24. The van der Waals surface area contributed by atoms with Crippen LogP contribution in [0.15, 0.2) is 5.16 Å². The second kappa shape index (κ2) is 3.71. The summed E-state index contributed by atoms with van der Waals surface area (Å²) in [6, 6.07) is 0. The predicted molar refractivity (Wildman–Crippen MR) is 59.9 cm³/mol. The summed E-state index contributed by atoms with van der Waals surface area (Å²) >= 11 is 0. The molecule has 1 aliphatic rings. The summed E-state index contributed by atoms with van der Waals surface area (Å²) in [6.45, 7) is 8.40. The molecule has 0 saturated heterocycles. The van der Waals surface area contributed by atoms with Crippen molar-refractivity contribution in [3.63, 3.8) is 0 Å². The zero-order valence-corrected chi connectivity index (χ0v) is 10.4. The minimum atomic E-state index is -1.34. The van der Waals surface area contributed by atoms with Crippen LogP contribution in [0.25, 0.3) is 0 Å². The van der Waals surface area contributed by atoms with E-state index in [0.29, 0.717) is 12.1 Å². The highest BCUT2D eigenvalue weighted by Gasteiger charge is 2.60. The minimum absolute atomic E-state index is 0.154. The highest BCUT2D eigenvalue weighted by Crippen LogP contribution is 2.34. The van der Waals surface area contributed by atoms with Gasteiger partial charge in [0.15, 0.2) is 5.71 Å². The van der Waals surface area contributed by atoms with Crippen molar-refractivity contribution in [2.24, 2.45) is 5.16 Å². The van der Waals surface area contributed by atoms with Crippen LogP contribution >= 0.6 is 0 Å². The average molecular weight is 229 g/mol. The van der Waals surface area contributed by atoms with E-state index < -0.39 is 11.2 Å². The fourth-order valence-electron chi connectivity index (χ4n) is 2.23. The topological polar surface area (TPSA) is 82.1 Å². The van der Waals surface area contributed by atoms with Gasteiger partial charge in [-0.1, -0.05) is 12.1 Å². The Morgan fingerprint density at radius 1 is 1.50 bits per heavy atom. The van der Waals surface area contributed by atoms with Crippen molar-refractivity contribution in [1.29, 1.82) is 0 Å². The summed E-state index contributed by atoms with van der Waals surface area (Å²) in [7, 11) is 0. The molecule has 1 heterocycles. The molecule has 0 fully saturated rings. The summed E-state index contributed by atoms with van der Waals surface area (Å²) in [5.41, 5.74) is -1.40. The molecule has 1 atom stereocenters. The Morgan fingerprint density at radius 2 is 2.00 bits per heavy atom. The summed E-state index contributed by atoms with van der Waals surface area (Å²) in [4.78, 5) is 0. The molecule has 1 rings (SSSR count). The van der Waals surface area contributed by atoms with E-state index >= 15 is 0 Å². The van der Waals surface area contributed by atoms with E-state index in [9.17, 15) is 10.4 Å². The van der Waals surface area contributed by atoms with Crippen molar-refractivity contribution >= 4 is 11.4 Å². The van der Waals surface area contributed by atoms with Crippen molar-refractivity contribution in [3.05, 3.63) is 5.21 Å². The lowest BCUT2D eigenvalue weighted by Gasteiger charge is -2.32. The maximum absolute atomic E-state index is 12.2. The molecule has 0 bridgehead atoms. The van der Waals surface area contributed by atoms with Gasteiger partial charge < -0.3 is 15.6 Å². The number of oxime groups is 1. The fourth-order valence-corrected chi connectivity index (χ4v) is 2.23. The van der Waals surface area contributed by atoms with Gasteiger partial charge in [-0.3, -0.25) is 0 Å². The quantitative estimate of drug-likeness (QED) is 0.246. The van der Waals surface area contributed by atoms with Gasteiger partial charge in [-0.15, -0.1) is 5.06 Å². The van der Waals surface area contributed by atoms with Crippen LogP contribution in [0.5, 0.6) is 0 Å². The fraction of sp³-hybridized carbons (Fsp3) is 0.800. The SMILES string of the molecule is CCC1=[N+]([O-])[C@@](C)(/C(C)=N\O)N(O)C1(C)C. The molecule has 0 aliphatic carbocycles. The van der Waals surface area contributed by atoms with E-state index in [1.807, 2.05) is 6.92 Å². The van der Waals surface area contributed by atoms with Gasteiger partial charge in [0.2, 0.25) is 0 Å². The third-order valence-corrected chi connectivity index (χ3v) is 3.46. The Labute approximate surface area is 95.0 Å². The van der Waals surface area contributed by atoms with Crippen LogP contribution in [-0.2, 0) is 0 Å². The lowest BCUT2D eigenvalue weighted by molar-refractivity contribution is -0.561. The zero-order chi connectivity index (χ0) is 12.7. The van der Waals surface area contributed by atoms with Crippen molar-refractivity contribution in [3.8, 4) is 0 Å².